The maximum absolute atomic E-state index is 13.5. The fourth-order valence-electron chi connectivity index (χ4n) is 2.21. The molecule has 4 nitrogen and oxygen atoms in total. The van der Waals surface area contributed by atoms with Crippen molar-refractivity contribution in [1.29, 1.82) is 0 Å². The molecule has 1 N–H and O–H groups in total. The SMILES string of the molecule is Fc1ccc(Cc2noc(C3CCCN3)n2)c(F)c1. The van der Waals surface area contributed by atoms with E-state index in [0.717, 1.165) is 25.5 Å². The summed E-state index contributed by atoms with van der Waals surface area (Å²) in [4.78, 5) is 4.25. The Kier molecular flexibility index (Phi) is 3.25. The molecule has 100 valence electrons. The summed E-state index contributed by atoms with van der Waals surface area (Å²) < 4.78 is 31.5. The van der Waals surface area contributed by atoms with Crippen LogP contribution in [0, 0.1) is 11.6 Å². The summed E-state index contributed by atoms with van der Waals surface area (Å²) in [6.07, 6.45) is 2.24. The molecule has 1 aliphatic rings. The highest BCUT2D eigenvalue weighted by Crippen LogP contribution is 2.22. The first-order valence-corrected chi connectivity index (χ1v) is 6.22. The summed E-state index contributed by atoms with van der Waals surface area (Å²) in [5.74, 6) is -0.236. The number of rotatable bonds is 3. The number of halogens is 2. The zero-order valence-electron chi connectivity index (χ0n) is 10.2. The molecule has 2 aromatic rings. The minimum absolute atomic E-state index is 0.0966. The third-order valence-electron chi connectivity index (χ3n) is 3.21. The predicted molar refractivity (Wildman–Crippen MR) is 63.4 cm³/mol. The summed E-state index contributed by atoms with van der Waals surface area (Å²) in [6.45, 7) is 0.939. The van der Waals surface area contributed by atoms with Gasteiger partial charge in [-0.2, -0.15) is 4.98 Å². The third-order valence-corrected chi connectivity index (χ3v) is 3.21. The molecule has 0 spiro atoms. The first-order valence-electron chi connectivity index (χ1n) is 6.22. The second kappa shape index (κ2) is 5.05. The van der Waals surface area contributed by atoms with Crippen molar-refractivity contribution in [3.05, 3.63) is 47.1 Å². The van der Waals surface area contributed by atoms with Gasteiger partial charge in [0.2, 0.25) is 5.89 Å². The molecule has 0 saturated carbocycles. The molecule has 0 bridgehead atoms. The van der Waals surface area contributed by atoms with Crippen molar-refractivity contribution >= 4 is 0 Å². The molecule has 1 unspecified atom stereocenters. The van der Waals surface area contributed by atoms with Gasteiger partial charge in [0.1, 0.15) is 11.6 Å². The molecule has 1 aromatic carbocycles. The lowest BCUT2D eigenvalue weighted by molar-refractivity contribution is 0.341. The number of benzene rings is 1. The van der Waals surface area contributed by atoms with E-state index in [9.17, 15) is 8.78 Å². The van der Waals surface area contributed by atoms with Crippen molar-refractivity contribution in [2.45, 2.75) is 25.3 Å². The normalized spacial score (nSPS) is 18.9. The molecule has 3 rings (SSSR count). The Labute approximate surface area is 108 Å². The van der Waals surface area contributed by atoms with Crippen LogP contribution < -0.4 is 5.32 Å². The van der Waals surface area contributed by atoms with Gasteiger partial charge >= 0.3 is 0 Å². The molecule has 6 heteroatoms. The monoisotopic (exact) mass is 265 g/mol. The summed E-state index contributed by atoms with van der Waals surface area (Å²) in [6, 6.07) is 3.57. The molecular formula is C13H13F2N3O. The lowest BCUT2D eigenvalue weighted by atomic mass is 10.1. The molecule has 0 radical (unpaired) electrons. The van der Waals surface area contributed by atoms with E-state index in [2.05, 4.69) is 15.5 Å². The molecule has 1 saturated heterocycles. The smallest absolute Gasteiger partial charge is 0.243 e. The molecule has 1 fully saturated rings. The van der Waals surface area contributed by atoms with Gasteiger partial charge in [-0.15, -0.1) is 0 Å². The summed E-state index contributed by atoms with van der Waals surface area (Å²) >= 11 is 0. The molecule has 19 heavy (non-hydrogen) atoms. The van der Waals surface area contributed by atoms with E-state index >= 15 is 0 Å². The van der Waals surface area contributed by atoms with Gasteiger partial charge < -0.3 is 9.84 Å². The van der Waals surface area contributed by atoms with Crippen LogP contribution in [0.3, 0.4) is 0 Å². The minimum Gasteiger partial charge on any atom is -0.338 e. The number of nitrogens with one attached hydrogen (secondary N) is 1. The number of aromatic nitrogens is 2. The van der Waals surface area contributed by atoms with Gasteiger partial charge in [-0.1, -0.05) is 11.2 Å². The van der Waals surface area contributed by atoms with Crippen LogP contribution in [0.25, 0.3) is 0 Å². The Balaban J connectivity index is 1.76. The maximum atomic E-state index is 13.5. The fourth-order valence-corrected chi connectivity index (χ4v) is 2.21. The van der Waals surface area contributed by atoms with Crippen LogP contribution in [0.15, 0.2) is 22.7 Å². The molecule has 2 heterocycles. The van der Waals surface area contributed by atoms with E-state index < -0.39 is 11.6 Å². The van der Waals surface area contributed by atoms with Crippen LogP contribution in [-0.2, 0) is 6.42 Å². The Morgan fingerprint density at radius 1 is 1.37 bits per heavy atom. The van der Waals surface area contributed by atoms with Crippen molar-refractivity contribution in [2.75, 3.05) is 6.54 Å². The van der Waals surface area contributed by atoms with Gasteiger partial charge in [0.15, 0.2) is 5.82 Å². The molecule has 0 aliphatic carbocycles. The van der Waals surface area contributed by atoms with Crippen LogP contribution in [-0.4, -0.2) is 16.7 Å². The highest BCUT2D eigenvalue weighted by atomic mass is 19.1. The van der Waals surface area contributed by atoms with Crippen molar-refractivity contribution < 1.29 is 13.3 Å². The van der Waals surface area contributed by atoms with Gasteiger partial charge in [-0.25, -0.2) is 8.78 Å². The second-order valence-corrected chi connectivity index (χ2v) is 4.61. The summed E-state index contributed by atoms with van der Waals surface area (Å²) in [5.41, 5.74) is 0.355. The Hall–Kier alpha value is -1.82. The zero-order valence-corrected chi connectivity index (χ0v) is 10.2. The second-order valence-electron chi connectivity index (χ2n) is 4.61. The minimum atomic E-state index is -0.592. The van der Waals surface area contributed by atoms with Crippen molar-refractivity contribution in [3.8, 4) is 0 Å². The fraction of sp³-hybridized carbons (Fsp3) is 0.385. The maximum Gasteiger partial charge on any atom is 0.243 e. The molecular weight excluding hydrogens is 252 g/mol. The van der Waals surface area contributed by atoms with E-state index in [1.165, 1.54) is 12.1 Å². The molecule has 0 amide bonds. The van der Waals surface area contributed by atoms with Gasteiger partial charge in [-0.3, -0.25) is 0 Å². The average molecular weight is 265 g/mol. The molecule has 1 atom stereocenters. The van der Waals surface area contributed by atoms with E-state index in [4.69, 9.17) is 4.52 Å². The predicted octanol–water partition coefficient (Wildman–Crippen LogP) is 2.36. The van der Waals surface area contributed by atoms with Crippen LogP contribution in [0.1, 0.15) is 36.2 Å². The Bertz CT molecular complexity index is 579. The lowest BCUT2D eigenvalue weighted by Crippen LogP contribution is -2.13. The van der Waals surface area contributed by atoms with Crippen LogP contribution in [0.4, 0.5) is 8.78 Å². The van der Waals surface area contributed by atoms with Gasteiger partial charge in [0.25, 0.3) is 0 Å². The number of hydrogen-bond acceptors (Lipinski definition) is 4. The topological polar surface area (TPSA) is 51.0 Å². The van der Waals surface area contributed by atoms with E-state index in [-0.39, 0.29) is 12.5 Å². The van der Waals surface area contributed by atoms with Gasteiger partial charge in [-0.05, 0) is 31.0 Å². The number of hydrogen-bond donors (Lipinski definition) is 1. The Morgan fingerprint density at radius 2 is 2.26 bits per heavy atom. The van der Waals surface area contributed by atoms with E-state index in [0.29, 0.717) is 17.3 Å². The summed E-state index contributed by atoms with van der Waals surface area (Å²) in [5, 5.41) is 7.08. The van der Waals surface area contributed by atoms with Crippen LogP contribution in [0.5, 0.6) is 0 Å². The standard InChI is InChI=1S/C13H13F2N3O/c14-9-4-3-8(10(15)7-9)6-12-17-13(19-18-12)11-2-1-5-16-11/h3-4,7,11,16H,1-2,5-6H2. The Morgan fingerprint density at radius 3 is 3.00 bits per heavy atom. The van der Waals surface area contributed by atoms with E-state index in [1.807, 2.05) is 0 Å². The van der Waals surface area contributed by atoms with Crippen molar-refractivity contribution in [3.63, 3.8) is 0 Å². The highest BCUT2D eigenvalue weighted by Gasteiger charge is 2.22. The first-order chi connectivity index (χ1) is 9.22. The molecule has 1 aromatic heterocycles. The lowest BCUT2D eigenvalue weighted by Gasteiger charge is -2.01. The van der Waals surface area contributed by atoms with Crippen molar-refractivity contribution in [2.24, 2.45) is 0 Å². The summed E-state index contributed by atoms with van der Waals surface area (Å²) in [7, 11) is 0. The quantitative estimate of drug-likeness (QED) is 0.925. The average Bonchev–Trinajstić information content (AvgIpc) is 3.03. The van der Waals surface area contributed by atoms with Gasteiger partial charge in [0.05, 0.1) is 6.04 Å². The van der Waals surface area contributed by atoms with E-state index in [1.54, 1.807) is 0 Å². The third kappa shape index (κ3) is 2.63. The van der Waals surface area contributed by atoms with Crippen LogP contribution >= 0.6 is 0 Å². The first kappa shape index (κ1) is 12.2. The van der Waals surface area contributed by atoms with Gasteiger partial charge in [0, 0.05) is 12.5 Å². The van der Waals surface area contributed by atoms with Crippen molar-refractivity contribution in [1.82, 2.24) is 15.5 Å². The number of nitrogens with zero attached hydrogens (tertiary/aromatic N) is 2. The molecule has 1 aliphatic heterocycles. The zero-order chi connectivity index (χ0) is 13.2. The van der Waals surface area contributed by atoms with Crippen LogP contribution in [0.2, 0.25) is 0 Å². The highest BCUT2D eigenvalue weighted by molar-refractivity contribution is 5.21. The largest absolute Gasteiger partial charge is 0.338 e.